The Bertz CT molecular complexity index is 330. The summed E-state index contributed by atoms with van der Waals surface area (Å²) in [6.07, 6.45) is 9.34. The Morgan fingerprint density at radius 3 is 2.05 bits per heavy atom. The molecule has 0 aromatic heterocycles. The standard InChI is InChI=1S/C16H28N2O/c1-3-14(15(17)19)18-10(2)16-7-11-4-12(8-16)6-13(5-11)9-16/h10-14,18H,3-9H2,1-2H3,(H2,17,19). The molecule has 4 bridgehead atoms. The molecule has 0 heterocycles. The first-order valence-electron chi connectivity index (χ1n) is 8.08. The van der Waals surface area contributed by atoms with Crippen molar-refractivity contribution in [3.05, 3.63) is 0 Å². The van der Waals surface area contributed by atoms with E-state index in [1.807, 2.05) is 6.92 Å². The zero-order valence-electron chi connectivity index (χ0n) is 12.3. The summed E-state index contributed by atoms with van der Waals surface area (Å²) in [7, 11) is 0. The van der Waals surface area contributed by atoms with Crippen LogP contribution in [0.3, 0.4) is 0 Å². The van der Waals surface area contributed by atoms with Gasteiger partial charge in [0.15, 0.2) is 0 Å². The van der Waals surface area contributed by atoms with E-state index in [1.54, 1.807) is 0 Å². The fraction of sp³-hybridized carbons (Fsp3) is 0.938. The molecule has 0 aliphatic heterocycles. The maximum atomic E-state index is 11.5. The van der Waals surface area contributed by atoms with Gasteiger partial charge in [0.2, 0.25) is 5.91 Å². The van der Waals surface area contributed by atoms with E-state index in [0.717, 1.165) is 24.2 Å². The largest absolute Gasteiger partial charge is 0.368 e. The molecule has 19 heavy (non-hydrogen) atoms. The van der Waals surface area contributed by atoms with Crippen molar-refractivity contribution in [2.75, 3.05) is 0 Å². The molecule has 0 radical (unpaired) electrons. The van der Waals surface area contributed by atoms with E-state index in [1.165, 1.54) is 38.5 Å². The van der Waals surface area contributed by atoms with Crippen LogP contribution in [0.4, 0.5) is 0 Å². The highest BCUT2D eigenvalue weighted by Crippen LogP contribution is 2.61. The number of primary amides is 1. The molecule has 4 fully saturated rings. The smallest absolute Gasteiger partial charge is 0.234 e. The molecule has 4 aliphatic rings. The van der Waals surface area contributed by atoms with Crippen LogP contribution in [0.2, 0.25) is 0 Å². The lowest BCUT2D eigenvalue weighted by atomic mass is 9.48. The quantitative estimate of drug-likeness (QED) is 0.801. The van der Waals surface area contributed by atoms with Crippen molar-refractivity contribution in [3.63, 3.8) is 0 Å². The Labute approximate surface area is 116 Å². The Hall–Kier alpha value is -0.570. The highest BCUT2D eigenvalue weighted by atomic mass is 16.1. The molecule has 3 N–H and O–H groups in total. The number of carbonyl (C=O) groups is 1. The van der Waals surface area contributed by atoms with E-state index >= 15 is 0 Å². The zero-order chi connectivity index (χ0) is 13.6. The van der Waals surface area contributed by atoms with E-state index in [2.05, 4.69) is 12.2 Å². The van der Waals surface area contributed by atoms with Gasteiger partial charge in [-0.2, -0.15) is 0 Å². The van der Waals surface area contributed by atoms with Crippen molar-refractivity contribution in [2.24, 2.45) is 28.9 Å². The summed E-state index contributed by atoms with van der Waals surface area (Å²) in [5.41, 5.74) is 5.94. The van der Waals surface area contributed by atoms with Crippen LogP contribution >= 0.6 is 0 Å². The molecule has 2 unspecified atom stereocenters. The van der Waals surface area contributed by atoms with Gasteiger partial charge in [-0.3, -0.25) is 4.79 Å². The minimum Gasteiger partial charge on any atom is -0.368 e. The zero-order valence-corrected chi connectivity index (χ0v) is 12.3. The summed E-state index contributed by atoms with van der Waals surface area (Å²) < 4.78 is 0. The molecule has 3 nitrogen and oxygen atoms in total. The SMILES string of the molecule is CCC(NC(C)C12CC3CC(CC(C3)C1)C2)C(N)=O. The molecule has 0 saturated heterocycles. The number of hydrogen-bond donors (Lipinski definition) is 2. The van der Waals surface area contributed by atoms with Crippen molar-refractivity contribution in [2.45, 2.75) is 70.9 Å². The molecular weight excluding hydrogens is 236 g/mol. The Kier molecular flexibility index (Phi) is 3.36. The number of carbonyl (C=O) groups excluding carboxylic acids is 1. The van der Waals surface area contributed by atoms with Crippen LogP contribution in [0.5, 0.6) is 0 Å². The second-order valence-corrected chi connectivity index (χ2v) is 7.53. The third kappa shape index (κ3) is 2.31. The second kappa shape index (κ2) is 4.76. The summed E-state index contributed by atoms with van der Waals surface area (Å²) in [5, 5.41) is 3.55. The monoisotopic (exact) mass is 264 g/mol. The van der Waals surface area contributed by atoms with Gasteiger partial charge in [-0.05, 0) is 75.0 Å². The fourth-order valence-electron chi connectivity index (χ4n) is 5.59. The average molecular weight is 264 g/mol. The van der Waals surface area contributed by atoms with Gasteiger partial charge >= 0.3 is 0 Å². The Balaban J connectivity index is 1.72. The van der Waals surface area contributed by atoms with E-state index in [0.29, 0.717) is 11.5 Å². The lowest BCUT2D eigenvalue weighted by Gasteiger charge is -2.59. The molecule has 0 spiro atoms. The average Bonchev–Trinajstić information content (AvgIpc) is 2.33. The maximum Gasteiger partial charge on any atom is 0.234 e. The molecule has 1 amide bonds. The highest BCUT2D eigenvalue weighted by Gasteiger charge is 2.53. The number of nitrogens with two attached hydrogens (primary N) is 1. The minimum absolute atomic E-state index is 0.150. The molecule has 3 heteroatoms. The maximum absolute atomic E-state index is 11.5. The normalized spacial score (nSPS) is 43.2. The van der Waals surface area contributed by atoms with E-state index < -0.39 is 0 Å². The van der Waals surface area contributed by atoms with Crippen LogP contribution in [0.1, 0.15) is 58.8 Å². The Morgan fingerprint density at radius 1 is 1.21 bits per heavy atom. The van der Waals surface area contributed by atoms with Gasteiger partial charge in [0.25, 0.3) is 0 Å². The summed E-state index contributed by atoms with van der Waals surface area (Å²) in [6, 6.07) is 0.279. The van der Waals surface area contributed by atoms with Gasteiger partial charge in [-0.25, -0.2) is 0 Å². The summed E-state index contributed by atoms with van der Waals surface area (Å²) in [6.45, 7) is 4.33. The lowest BCUT2D eigenvalue weighted by molar-refractivity contribution is -0.121. The first-order valence-corrected chi connectivity index (χ1v) is 8.08. The molecule has 4 rings (SSSR count). The van der Waals surface area contributed by atoms with Crippen LogP contribution in [0, 0.1) is 23.2 Å². The predicted octanol–water partition coefficient (Wildman–Crippen LogP) is 2.44. The molecule has 0 aromatic rings. The molecule has 4 aliphatic carbocycles. The third-order valence-corrected chi connectivity index (χ3v) is 6.21. The van der Waals surface area contributed by atoms with Crippen LogP contribution in [0.15, 0.2) is 0 Å². The van der Waals surface area contributed by atoms with Gasteiger partial charge in [0.1, 0.15) is 0 Å². The Morgan fingerprint density at radius 2 is 1.68 bits per heavy atom. The van der Waals surface area contributed by atoms with Crippen molar-refractivity contribution in [1.82, 2.24) is 5.32 Å². The van der Waals surface area contributed by atoms with Crippen LogP contribution in [0.25, 0.3) is 0 Å². The fourth-order valence-corrected chi connectivity index (χ4v) is 5.59. The topological polar surface area (TPSA) is 55.1 Å². The van der Waals surface area contributed by atoms with Crippen molar-refractivity contribution in [1.29, 1.82) is 0 Å². The molecular formula is C16H28N2O. The van der Waals surface area contributed by atoms with Crippen molar-refractivity contribution in [3.8, 4) is 0 Å². The predicted molar refractivity (Wildman–Crippen MR) is 76.5 cm³/mol. The summed E-state index contributed by atoms with van der Waals surface area (Å²) in [5.74, 6) is 2.69. The second-order valence-electron chi connectivity index (χ2n) is 7.53. The van der Waals surface area contributed by atoms with E-state index in [-0.39, 0.29) is 11.9 Å². The van der Waals surface area contributed by atoms with Gasteiger partial charge in [0.05, 0.1) is 6.04 Å². The van der Waals surface area contributed by atoms with Crippen LogP contribution in [-0.2, 0) is 4.79 Å². The molecule has 4 saturated carbocycles. The third-order valence-electron chi connectivity index (χ3n) is 6.21. The molecule has 108 valence electrons. The number of amides is 1. The molecule has 2 atom stereocenters. The minimum atomic E-state index is -0.195. The summed E-state index contributed by atoms with van der Waals surface area (Å²) in [4.78, 5) is 11.5. The van der Waals surface area contributed by atoms with Gasteiger partial charge in [0, 0.05) is 6.04 Å². The molecule has 0 aromatic carbocycles. The number of nitrogens with one attached hydrogen (secondary N) is 1. The van der Waals surface area contributed by atoms with Gasteiger partial charge < -0.3 is 11.1 Å². The number of rotatable bonds is 5. The van der Waals surface area contributed by atoms with E-state index in [4.69, 9.17) is 5.73 Å². The lowest BCUT2D eigenvalue weighted by Crippen LogP contribution is -2.58. The van der Waals surface area contributed by atoms with Crippen LogP contribution in [-0.4, -0.2) is 18.0 Å². The van der Waals surface area contributed by atoms with Crippen LogP contribution < -0.4 is 11.1 Å². The van der Waals surface area contributed by atoms with Crippen molar-refractivity contribution < 1.29 is 4.79 Å². The first kappa shape index (κ1) is 13.4. The van der Waals surface area contributed by atoms with Crippen molar-refractivity contribution >= 4 is 5.91 Å². The summed E-state index contributed by atoms with van der Waals surface area (Å²) >= 11 is 0. The van der Waals surface area contributed by atoms with E-state index in [9.17, 15) is 4.79 Å². The highest BCUT2D eigenvalue weighted by molar-refractivity contribution is 5.79. The van der Waals surface area contributed by atoms with Gasteiger partial charge in [-0.1, -0.05) is 6.92 Å². The van der Waals surface area contributed by atoms with Gasteiger partial charge in [-0.15, -0.1) is 0 Å². The first-order chi connectivity index (χ1) is 9.02. The number of hydrogen-bond acceptors (Lipinski definition) is 2.